The Morgan fingerprint density at radius 1 is 1.32 bits per heavy atom. The monoisotopic (exact) mass is 401 g/mol. The molecule has 1 aromatic carbocycles. The number of benzene rings is 1. The smallest absolute Gasteiger partial charge is 0.246 e. The Bertz CT molecular complexity index is 828. The zero-order valence-corrected chi connectivity index (χ0v) is 16.5. The van der Waals surface area contributed by atoms with Crippen LogP contribution in [0.4, 0.5) is 5.69 Å². The number of hydrogen-bond donors (Lipinski definition) is 1. The largest absolute Gasteiger partial charge is 0.593 e. The van der Waals surface area contributed by atoms with Gasteiger partial charge in [-0.3, -0.25) is 9.78 Å². The Labute approximate surface area is 167 Å². The average Bonchev–Trinajstić information content (AvgIpc) is 3.57. The van der Waals surface area contributed by atoms with Gasteiger partial charge in [0.05, 0.1) is 49.0 Å². The van der Waals surface area contributed by atoms with Crippen molar-refractivity contribution < 1.29 is 18.8 Å². The van der Waals surface area contributed by atoms with Gasteiger partial charge >= 0.3 is 0 Å². The van der Waals surface area contributed by atoms with Gasteiger partial charge in [0.1, 0.15) is 17.6 Å². The van der Waals surface area contributed by atoms with E-state index in [2.05, 4.69) is 10.3 Å². The summed E-state index contributed by atoms with van der Waals surface area (Å²) >= 11 is -1.12. The number of carbonyl (C=O) groups excluding carboxylic acids is 1. The van der Waals surface area contributed by atoms with E-state index in [-0.39, 0.29) is 23.8 Å². The van der Waals surface area contributed by atoms with E-state index in [1.54, 1.807) is 13.3 Å². The van der Waals surface area contributed by atoms with Gasteiger partial charge in [-0.15, -0.1) is 0 Å². The zero-order chi connectivity index (χ0) is 19.5. The van der Waals surface area contributed by atoms with Gasteiger partial charge < -0.3 is 19.3 Å². The fraction of sp³-hybridized carbons (Fsp3) is 0.400. The molecule has 1 saturated carbocycles. The first-order valence-corrected chi connectivity index (χ1v) is 10.5. The first-order valence-electron chi connectivity index (χ1n) is 9.28. The van der Waals surface area contributed by atoms with Crippen LogP contribution in [-0.2, 0) is 27.4 Å². The number of nitrogens with one attached hydrogen (secondary N) is 1. The molecule has 0 spiro atoms. The molecule has 2 heterocycles. The van der Waals surface area contributed by atoms with Crippen molar-refractivity contribution in [1.82, 2.24) is 10.3 Å². The molecule has 1 aromatic heterocycles. The van der Waals surface area contributed by atoms with E-state index in [0.717, 1.165) is 29.8 Å². The van der Waals surface area contributed by atoms with E-state index in [9.17, 15) is 9.35 Å². The number of carbonyl (C=O) groups is 1. The Kier molecular flexibility index (Phi) is 5.70. The second-order valence-corrected chi connectivity index (χ2v) is 8.59. The summed E-state index contributed by atoms with van der Waals surface area (Å²) in [4.78, 5) is 16.0. The number of rotatable bonds is 7. The molecule has 2 unspecified atom stereocenters. The molecule has 28 heavy (non-hydrogen) atoms. The van der Waals surface area contributed by atoms with Crippen molar-refractivity contribution in [2.75, 3.05) is 24.6 Å². The number of hydrogen-bond acceptors (Lipinski definition) is 6. The molecule has 2 aromatic rings. The van der Waals surface area contributed by atoms with Crippen LogP contribution in [0, 0.1) is 0 Å². The van der Waals surface area contributed by atoms with Crippen LogP contribution < -0.4 is 14.4 Å². The van der Waals surface area contributed by atoms with Crippen LogP contribution in [-0.4, -0.2) is 41.0 Å². The van der Waals surface area contributed by atoms with E-state index in [0.29, 0.717) is 18.8 Å². The van der Waals surface area contributed by atoms with Crippen LogP contribution in [0.3, 0.4) is 0 Å². The number of morpholine rings is 1. The predicted octanol–water partition coefficient (Wildman–Crippen LogP) is 2.11. The van der Waals surface area contributed by atoms with Crippen molar-refractivity contribution in [3.05, 3.63) is 53.9 Å². The Morgan fingerprint density at radius 2 is 2.11 bits per heavy atom. The molecule has 148 valence electrons. The summed E-state index contributed by atoms with van der Waals surface area (Å²) in [6.45, 7) is 0.974. The third kappa shape index (κ3) is 4.40. The number of ether oxygens (including phenoxy) is 2. The van der Waals surface area contributed by atoms with Gasteiger partial charge in [-0.2, -0.15) is 4.31 Å². The fourth-order valence-corrected chi connectivity index (χ4v) is 4.59. The van der Waals surface area contributed by atoms with E-state index in [4.69, 9.17) is 9.47 Å². The van der Waals surface area contributed by atoms with Crippen LogP contribution in [0.1, 0.15) is 30.1 Å². The molecule has 0 radical (unpaired) electrons. The van der Waals surface area contributed by atoms with E-state index >= 15 is 0 Å². The molecule has 1 saturated heterocycles. The first kappa shape index (κ1) is 19.0. The molecular formula is C20H23N3O4S. The van der Waals surface area contributed by atoms with Gasteiger partial charge in [0.15, 0.2) is 0 Å². The van der Waals surface area contributed by atoms with Crippen molar-refractivity contribution in [1.29, 1.82) is 0 Å². The van der Waals surface area contributed by atoms with Crippen LogP contribution in [0.25, 0.3) is 0 Å². The van der Waals surface area contributed by atoms with Gasteiger partial charge in [0.2, 0.25) is 5.91 Å². The molecule has 4 rings (SSSR count). The Morgan fingerprint density at radius 3 is 2.79 bits per heavy atom. The van der Waals surface area contributed by atoms with Crippen molar-refractivity contribution in [3.8, 4) is 5.75 Å². The summed E-state index contributed by atoms with van der Waals surface area (Å²) in [7, 11) is 1.63. The molecule has 2 atom stereocenters. The van der Waals surface area contributed by atoms with Crippen molar-refractivity contribution in [2.24, 2.45) is 0 Å². The molecule has 0 bridgehead atoms. The standard InChI is InChI=1S/C20H23N3O4S/c1-26-16-4-2-14(3-5-16)11-23(28(25)17-6-7-17)15-8-9-21-18(10-15)19-12-27-13-20(24)22-19/h2-5,8-10,17,19H,6-7,11-13H2,1H3,(H,22,24). The maximum absolute atomic E-state index is 13.1. The number of pyridine rings is 1. The second-order valence-electron chi connectivity index (χ2n) is 6.93. The molecule has 1 aliphatic carbocycles. The molecule has 1 amide bonds. The van der Waals surface area contributed by atoms with E-state index < -0.39 is 11.4 Å². The maximum Gasteiger partial charge on any atom is 0.246 e. The lowest BCUT2D eigenvalue weighted by Crippen LogP contribution is -2.40. The van der Waals surface area contributed by atoms with Crippen LogP contribution >= 0.6 is 0 Å². The minimum atomic E-state index is -1.12. The highest BCUT2D eigenvalue weighted by Crippen LogP contribution is 2.35. The summed E-state index contributed by atoms with van der Waals surface area (Å²) in [6.07, 6.45) is 3.66. The number of aromatic nitrogens is 1. The lowest BCUT2D eigenvalue weighted by molar-refractivity contribution is -0.131. The van der Waals surface area contributed by atoms with Crippen LogP contribution in [0.2, 0.25) is 0 Å². The summed E-state index contributed by atoms with van der Waals surface area (Å²) in [5.41, 5.74) is 2.58. The number of methoxy groups -OCH3 is 1. The maximum atomic E-state index is 13.1. The summed E-state index contributed by atoms with van der Waals surface area (Å²) in [6, 6.07) is 11.2. The number of anilines is 1. The Hall–Kier alpha value is -2.29. The van der Waals surface area contributed by atoms with Gasteiger partial charge in [0, 0.05) is 19.0 Å². The molecule has 1 N–H and O–H groups in total. The number of nitrogens with zero attached hydrogens (tertiary/aromatic N) is 2. The highest BCUT2D eigenvalue weighted by Gasteiger charge is 2.39. The van der Waals surface area contributed by atoms with Crippen molar-refractivity contribution >= 4 is 23.0 Å². The third-order valence-corrected chi connectivity index (χ3v) is 6.59. The average molecular weight is 401 g/mol. The molecule has 2 aliphatic rings. The number of amides is 1. The van der Waals surface area contributed by atoms with E-state index in [1.807, 2.05) is 40.7 Å². The van der Waals surface area contributed by atoms with Gasteiger partial charge in [0.25, 0.3) is 0 Å². The van der Waals surface area contributed by atoms with Crippen molar-refractivity contribution in [3.63, 3.8) is 0 Å². The molecular weight excluding hydrogens is 378 g/mol. The summed E-state index contributed by atoms with van der Waals surface area (Å²) in [5.74, 6) is 0.637. The van der Waals surface area contributed by atoms with E-state index in [1.165, 1.54) is 0 Å². The second kappa shape index (κ2) is 8.38. The minimum absolute atomic E-state index is 0.0749. The normalized spacial score (nSPS) is 20.4. The van der Waals surface area contributed by atoms with Gasteiger partial charge in [-0.25, -0.2) is 0 Å². The van der Waals surface area contributed by atoms with Crippen LogP contribution in [0.15, 0.2) is 42.6 Å². The lowest BCUT2D eigenvalue weighted by atomic mass is 10.1. The quantitative estimate of drug-likeness (QED) is 0.715. The summed E-state index contributed by atoms with van der Waals surface area (Å²) < 4.78 is 25.5. The Balaban J connectivity index is 1.58. The molecule has 8 heteroatoms. The SMILES string of the molecule is COc1ccc(CN(c2ccnc(C3COCC(=O)N3)c2)[S+]([O-])C2CC2)cc1. The summed E-state index contributed by atoms with van der Waals surface area (Å²) in [5, 5.41) is 3.09. The third-order valence-electron chi connectivity index (χ3n) is 4.77. The van der Waals surface area contributed by atoms with Crippen molar-refractivity contribution in [2.45, 2.75) is 30.7 Å². The highest BCUT2D eigenvalue weighted by molar-refractivity contribution is 7.93. The first-order chi connectivity index (χ1) is 13.6. The van der Waals surface area contributed by atoms with Crippen LogP contribution in [0.5, 0.6) is 5.75 Å². The minimum Gasteiger partial charge on any atom is -0.593 e. The molecule has 1 aliphatic heterocycles. The van der Waals surface area contributed by atoms with Gasteiger partial charge in [-0.1, -0.05) is 12.1 Å². The lowest BCUT2D eigenvalue weighted by Gasteiger charge is -2.28. The molecule has 7 nitrogen and oxygen atoms in total. The molecule has 2 fully saturated rings. The fourth-order valence-electron chi connectivity index (χ4n) is 3.09. The topological polar surface area (TPSA) is 86.8 Å². The highest BCUT2D eigenvalue weighted by atomic mass is 32.2. The predicted molar refractivity (Wildman–Crippen MR) is 106 cm³/mol. The van der Waals surface area contributed by atoms with Gasteiger partial charge in [-0.05, 0) is 29.8 Å². The zero-order valence-electron chi connectivity index (χ0n) is 15.7.